The van der Waals surface area contributed by atoms with E-state index in [9.17, 15) is 0 Å². The zero-order chi connectivity index (χ0) is 26.7. The van der Waals surface area contributed by atoms with Gasteiger partial charge in [0.25, 0.3) is 0 Å². The van der Waals surface area contributed by atoms with Crippen molar-refractivity contribution >= 4 is 0 Å². The second-order valence-electron chi connectivity index (χ2n) is 7.83. The summed E-state index contributed by atoms with van der Waals surface area (Å²) in [6, 6.07) is 34.7. The van der Waals surface area contributed by atoms with Gasteiger partial charge < -0.3 is 22.3 Å². The summed E-state index contributed by atoms with van der Waals surface area (Å²) in [5.74, 6) is 23.0. The number of rotatable bonds is 0. The Hall–Kier alpha value is -1.83. The molecule has 0 heterocycles. The topological polar surface area (TPSA) is 0 Å². The zero-order valence-corrected chi connectivity index (χ0v) is 34.9. The van der Waals surface area contributed by atoms with E-state index in [-0.39, 0.29) is 158 Å². The molecule has 3 radical (unpaired) electrons. The molecule has 0 saturated heterocycles. The van der Waals surface area contributed by atoms with Gasteiger partial charge >= 0.3 is 0 Å². The fourth-order valence-electron chi connectivity index (χ4n) is 2.87. The molecule has 48 heavy (non-hydrogen) atoms. The molecule has 0 bridgehead atoms. The Morgan fingerprint density at radius 3 is 0.958 bits per heavy atom. The van der Waals surface area contributed by atoms with Gasteiger partial charge in [-0.2, -0.15) is 44.2 Å². The molecule has 0 aliphatic carbocycles. The quantitative estimate of drug-likeness (QED) is 0.122. The molecule has 0 nitrogen and oxygen atoms in total. The summed E-state index contributed by atoms with van der Waals surface area (Å²) in [4.78, 5) is 0. The Bertz CT molecular complexity index is 1450. The molecular formula is C45H58Y3-6. The van der Waals surface area contributed by atoms with Crippen LogP contribution in [0.15, 0.2) is 97.1 Å². The van der Waals surface area contributed by atoms with Gasteiger partial charge in [0.05, 0.1) is 0 Å². The third-order valence-corrected chi connectivity index (χ3v) is 4.79. The monoisotopic (exact) mass is 865 g/mol. The van der Waals surface area contributed by atoms with Gasteiger partial charge in [0.1, 0.15) is 0 Å². The molecule has 4 rings (SSSR count). The van der Waals surface area contributed by atoms with Gasteiger partial charge in [0, 0.05) is 109 Å². The van der Waals surface area contributed by atoms with Crippen LogP contribution in [0.1, 0.15) is 83.0 Å². The molecule has 0 saturated carbocycles. The Kier molecular flexibility index (Phi) is 67.8. The molecule has 0 aliphatic rings. The molecule has 0 atom stereocenters. The molecule has 4 aromatic carbocycles. The van der Waals surface area contributed by atoms with E-state index in [1.54, 1.807) is 0 Å². The van der Waals surface area contributed by atoms with Crippen LogP contribution in [-0.4, -0.2) is 0 Å². The molecule has 0 unspecified atom stereocenters. The molecule has 0 spiro atoms. The van der Waals surface area contributed by atoms with E-state index >= 15 is 0 Å². The minimum Gasteiger partial charge on any atom is -0.358 e. The first kappa shape index (κ1) is 72.0. The van der Waals surface area contributed by atoms with E-state index in [1.807, 2.05) is 91.9 Å². The van der Waals surface area contributed by atoms with Gasteiger partial charge in [-0.25, -0.2) is 0 Å². The van der Waals surface area contributed by atoms with Gasteiger partial charge in [-0.3, -0.25) is 23.7 Å². The Labute approximate surface area is 376 Å². The molecule has 0 aromatic heterocycles. The van der Waals surface area contributed by atoms with Crippen molar-refractivity contribution < 1.29 is 98.1 Å². The third kappa shape index (κ3) is 32.7. The van der Waals surface area contributed by atoms with E-state index in [0.717, 1.165) is 27.8 Å². The fraction of sp³-hybridized carbons (Fsp3) is 0.178. The van der Waals surface area contributed by atoms with Gasteiger partial charge in [-0.1, -0.05) is 131 Å². The summed E-state index contributed by atoms with van der Waals surface area (Å²) in [6.45, 7) is 12.8. The maximum atomic E-state index is 3.45. The minimum atomic E-state index is 0. The number of benzene rings is 4. The molecule has 4 aromatic rings. The van der Waals surface area contributed by atoms with Crippen molar-refractivity contribution in [3.8, 4) is 47.4 Å². The average Bonchev–Trinajstić information content (AvgIpc) is 2.93. The predicted molar refractivity (Wildman–Crippen MR) is 210 cm³/mol. The van der Waals surface area contributed by atoms with Crippen molar-refractivity contribution in [3.05, 3.63) is 178 Å². The molecule has 0 N–H and O–H groups in total. The van der Waals surface area contributed by atoms with E-state index in [0.29, 0.717) is 0 Å². The number of hydrogen-bond donors (Lipinski definition) is 0. The molecule has 3 heteroatoms. The standard InChI is InChI=1S/C15H11.C12H9.C10H9.5CH4.3CH3.3Y/c1-13-7-9-15(10-8-13)12-11-14-5-3-2-4-6-14;1-3-5-11-7-9-12(6-4-2)10-8-11;1-3-4-10-7-5-9(2)6-8-10;;;;;;;;;;;/h3-10H,1H3;7-10H,1H2,2H3;5-8H,1H2,2H3;5*1H4;3*1H3;;;/q3*-1;;;;;;3*-1;;;. The first-order valence-electron chi connectivity index (χ1n) is 11.7. The largest absolute Gasteiger partial charge is 0.358 e. The van der Waals surface area contributed by atoms with Crippen LogP contribution in [0.5, 0.6) is 0 Å². The van der Waals surface area contributed by atoms with E-state index in [2.05, 4.69) is 93.3 Å². The van der Waals surface area contributed by atoms with Crippen LogP contribution in [0.3, 0.4) is 0 Å². The minimum absolute atomic E-state index is 0. The predicted octanol–water partition coefficient (Wildman–Crippen LogP) is 12.1. The fourth-order valence-corrected chi connectivity index (χ4v) is 2.87. The van der Waals surface area contributed by atoms with Crippen LogP contribution in [-0.2, 0) is 98.1 Å². The first-order chi connectivity index (χ1) is 18.0. The van der Waals surface area contributed by atoms with Gasteiger partial charge in [0.2, 0.25) is 0 Å². The Morgan fingerprint density at radius 2 is 0.667 bits per heavy atom. The SMILES string of the molecule is C.C.C.C.C.Cc1ccc(C#Cc2cc[c-]cc2)cc1.[CH2-]C#Cc1ccc(C#CC)cc1.[CH2-]C#Cc1ccc(C)cc1.[CH3-].[CH3-].[CH3-].[Y].[Y].[Y]. The van der Waals surface area contributed by atoms with Crippen molar-refractivity contribution in [1.29, 1.82) is 0 Å². The maximum Gasteiger partial charge on any atom is 0.0248 e. The molecule has 253 valence electrons. The Balaban J connectivity index is -0.0000000514. The summed E-state index contributed by atoms with van der Waals surface area (Å²) < 4.78 is 0. The van der Waals surface area contributed by atoms with Crippen LogP contribution in [0.4, 0.5) is 0 Å². The number of aryl methyl sites for hydroxylation is 2. The average molecular weight is 866 g/mol. The van der Waals surface area contributed by atoms with E-state index in [1.165, 1.54) is 11.1 Å². The van der Waals surface area contributed by atoms with Crippen LogP contribution < -0.4 is 0 Å². The second kappa shape index (κ2) is 45.2. The van der Waals surface area contributed by atoms with Crippen molar-refractivity contribution in [2.24, 2.45) is 0 Å². The summed E-state index contributed by atoms with van der Waals surface area (Å²) in [7, 11) is 0. The zero-order valence-electron chi connectivity index (χ0n) is 26.4. The van der Waals surface area contributed by atoms with Gasteiger partial charge in [0.15, 0.2) is 0 Å². The van der Waals surface area contributed by atoms with Crippen LogP contribution >= 0.6 is 0 Å². The molecule has 0 fully saturated rings. The summed E-state index contributed by atoms with van der Waals surface area (Å²) in [5.41, 5.74) is 7.62. The van der Waals surface area contributed by atoms with Crippen molar-refractivity contribution in [1.82, 2.24) is 0 Å². The van der Waals surface area contributed by atoms with Crippen molar-refractivity contribution in [2.45, 2.75) is 57.9 Å². The van der Waals surface area contributed by atoms with Crippen molar-refractivity contribution in [3.63, 3.8) is 0 Å². The summed E-state index contributed by atoms with van der Waals surface area (Å²) in [6.07, 6.45) is 0. The van der Waals surface area contributed by atoms with Crippen LogP contribution in [0.25, 0.3) is 0 Å². The first-order valence-corrected chi connectivity index (χ1v) is 11.7. The third-order valence-electron chi connectivity index (χ3n) is 4.79. The molecular weight excluding hydrogens is 807 g/mol. The van der Waals surface area contributed by atoms with Crippen molar-refractivity contribution in [2.75, 3.05) is 0 Å². The molecule has 0 amide bonds. The van der Waals surface area contributed by atoms with E-state index in [4.69, 9.17) is 0 Å². The Morgan fingerprint density at radius 1 is 0.417 bits per heavy atom. The van der Waals surface area contributed by atoms with Crippen LogP contribution in [0.2, 0.25) is 0 Å². The summed E-state index contributed by atoms with van der Waals surface area (Å²) >= 11 is 0. The second-order valence-corrected chi connectivity index (χ2v) is 7.83. The smallest absolute Gasteiger partial charge is 0.0248 e. The van der Waals surface area contributed by atoms with Gasteiger partial charge in [-0.15, -0.1) is 5.92 Å². The normalized spacial score (nSPS) is 6.40. The van der Waals surface area contributed by atoms with Crippen LogP contribution in [0, 0.1) is 103 Å². The summed E-state index contributed by atoms with van der Waals surface area (Å²) in [5, 5.41) is 0. The molecule has 0 aliphatic heterocycles. The number of hydrogen-bond acceptors (Lipinski definition) is 0. The van der Waals surface area contributed by atoms with Gasteiger partial charge in [-0.05, 0) is 45.0 Å². The van der Waals surface area contributed by atoms with E-state index < -0.39 is 0 Å². The maximum absolute atomic E-state index is 3.45.